The molecule has 8 nitrogen and oxygen atoms in total. The Morgan fingerprint density at radius 2 is 1.81 bits per heavy atom. The van der Waals surface area contributed by atoms with E-state index in [4.69, 9.17) is 0 Å². The number of carbonyl (C=O) groups excluding carboxylic acids is 1. The van der Waals surface area contributed by atoms with Gasteiger partial charge in [-0.05, 0) is 31.5 Å². The number of carbonyl (C=O) groups is 1. The number of non-ortho nitro benzene ring substituents is 1. The summed E-state index contributed by atoms with van der Waals surface area (Å²) in [5, 5.41) is 21.7. The first-order valence-corrected chi connectivity index (χ1v) is 8.17. The van der Waals surface area contributed by atoms with Gasteiger partial charge >= 0.3 is 0 Å². The zero-order valence-electron chi connectivity index (χ0n) is 14.8. The van der Waals surface area contributed by atoms with Gasteiger partial charge in [0.25, 0.3) is 11.6 Å². The van der Waals surface area contributed by atoms with Gasteiger partial charge in [-0.15, -0.1) is 0 Å². The molecule has 3 aromatic rings. The summed E-state index contributed by atoms with van der Waals surface area (Å²) in [5.74, 6) is -0.413. The van der Waals surface area contributed by atoms with Gasteiger partial charge in [0.2, 0.25) is 0 Å². The first kappa shape index (κ1) is 18.0. The SMILES string of the molecule is C/C(=N/NC(=O)c1[nH]nc(-c2ccccc2)c1C)c1ccc([N+](=O)[O-])cc1. The van der Waals surface area contributed by atoms with Crippen LogP contribution in [-0.2, 0) is 0 Å². The first-order chi connectivity index (χ1) is 13.0. The number of hydrogen-bond donors (Lipinski definition) is 2. The lowest BCUT2D eigenvalue weighted by atomic mass is 10.1. The lowest BCUT2D eigenvalue weighted by Crippen LogP contribution is -2.20. The summed E-state index contributed by atoms with van der Waals surface area (Å²) >= 11 is 0. The van der Waals surface area contributed by atoms with Gasteiger partial charge in [-0.3, -0.25) is 20.0 Å². The van der Waals surface area contributed by atoms with Crippen molar-refractivity contribution in [3.8, 4) is 11.3 Å². The van der Waals surface area contributed by atoms with E-state index in [1.165, 1.54) is 12.1 Å². The van der Waals surface area contributed by atoms with E-state index in [-0.39, 0.29) is 5.69 Å². The van der Waals surface area contributed by atoms with Crippen molar-refractivity contribution < 1.29 is 9.72 Å². The second-order valence-corrected chi connectivity index (χ2v) is 5.88. The monoisotopic (exact) mass is 363 g/mol. The Morgan fingerprint density at radius 1 is 1.15 bits per heavy atom. The van der Waals surface area contributed by atoms with Gasteiger partial charge in [0.05, 0.1) is 16.3 Å². The molecule has 0 bridgehead atoms. The molecule has 8 heteroatoms. The van der Waals surface area contributed by atoms with Crippen molar-refractivity contribution in [1.82, 2.24) is 15.6 Å². The van der Waals surface area contributed by atoms with Crippen LogP contribution in [0.2, 0.25) is 0 Å². The highest BCUT2D eigenvalue weighted by Crippen LogP contribution is 2.22. The minimum Gasteiger partial charge on any atom is -0.272 e. The summed E-state index contributed by atoms with van der Waals surface area (Å²) in [4.78, 5) is 22.6. The molecule has 0 atom stereocenters. The lowest BCUT2D eigenvalue weighted by molar-refractivity contribution is -0.384. The van der Waals surface area contributed by atoms with Crippen LogP contribution in [0.15, 0.2) is 59.7 Å². The number of H-pyrrole nitrogens is 1. The molecule has 0 saturated carbocycles. The van der Waals surface area contributed by atoms with Gasteiger partial charge in [-0.25, -0.2) is 5.43 Å². The van der Waals surface area contributed by atoms with Gasteiger partial charge in [0, 0.05) is 23.3 Å². The van der Waals surface area contributed by atoms with Crippen molar-refractivity contribution in [2.45, 2.75) is 13.8 Å². The normalized spacial score (nSPS) is 11.3. The van der Waals surface area contributed by atoms with Crippen molar-refractivity contribution in [2.75, 3.05) is 0 Å². The van der Waals surface area contributed by atoms with Gasteiger partial charge in [0.1, 0.15) is 5.69 Å². The van der Waals surface area contributed by atoms with E-state index in [9.17, 15) is 14.9 Å². The van der Waals surface area contributed by atoms with Gasteiger partial charge in [-0.1, -0.05) is 30.3 Å². The molecule has 0 aliphatic rings. The summed E-state index contributed by atoms with van der Waals surface area (Å²) in [5.41, 5.74) is 6.35. The molecule has 0 saturated heterocycles. The molecule has 0 unspecified atom stereocenters. The maximum Gasteiger partial charge on any atom is 0.289 e. The Bertz CT molecular complexity index is 1010. The second-order valence-electron chi connectivity index (χ2n) is 5.88. The Kier molecular flexibility index (Phi) is 5.07. The standard InChI is InChI=1S/C19H17N5O3/c1-12-17(15-6-4-3-5-7-15)21-22-18(12)19(25)23-20-13(2)14-8-10-16(11-9-14)24(26)27/h3-11H,1-2H3,(H,21,22)(H,23,25)/b20-13-. The Morgan fingerprint density at radius 3 is 2.44 bits per heavy atom. The zero-order valence-corrected chi connectivity index (χ0v) is 14.8. The number of hydrazone groups is 1. The molecular weight excluding hydrogens is 346 g/mol. The van der Waals surface area contributed by atoms with Crippen LogP contribution in [0, 0.1) is 17.0 Å². The third-order valence-corrected chi connectivity index (χ3v) is 4.11. The minimum absolute atomic E-state index is 0.00267. The predicted octanol–water partition coefficient (Wildman–Crippen LogP) is 3.45. The van der Waals surface area contributed by atoms with Crippen LogP contribution in [-0.4, -0.2) is 26.7 Å². The molecule has 0 fully saturated rings. The van der Waals surface area contributed by atoms with E-state index < -0.39 is 10.8 Å². The quantitative estimate of drug-likeness (QED) is 0.410. The summed E-state index contributed by atoms with van der Waals surface area (Å²) in [6.07, 6.45) is 0. The van der Waals surface area contributed by atoms with Gasteiger partial charge in [0.15, 0.2) is 0 Å². The molecule has 2 N–H and O–H groups in total. The topological polar surface area (TPSA) is 113 Å². The summed E-state index contributed by atoms with van der Waals surface area (Å²) in [6.45, 7) is 3.52. The van der Waals surface area contributed by atoms with Crippen LogP contribution >= 0.6 is 0 Å². The molecule has 0 aliphatic heterocycles. The van der Waals surface area contributed by atoms with Crippen LogP contribution in [0.4, 0.5) is 5.69 Å². The first-order valence-electron chi connectivity index (χ1n) is 8.17. The number of hydrogen-bond acceptors (Lipinski definition) is 5. The maximum atomic E-state index is 12.4. The van der Waals surface area contributed by atoms with Crippen LogP contribution in [0.3, 0.4) is 0 Å². The molecule has 136 valence electrons. The third-order valence-electron chi connectivity index (χ3n) is 4.11. The van der Waals surface area contributed by atoms with Gasteiger partial charge in [-0.2, -0.15) is 10.2 Å². The van der Waals surface area contributed by atoms with Crippen molar-refractivity contribution in [3.05, 3.63) is 81.5 Å². The molecule has 0 spiro atoms. The molecule has 2 aromatic carbocycles. The zero-order chi connectivity index (χ0) is 19.4. The average molecular weight is 363 g/mol. The van der Waals surface area contributed by atoms with Crippen molar-refractivity contribution in [1.29, 1.82) is 0 Å². The molecule has 0 aliphatic carbocycles. The highest BCUT2D eigenvalue weighted by atomic mass is 16.6. The largest absolute Gasteiger partial charge is 0.289 e. The summed E-state index contributed by atoms with van der Waals surface area (Å²) < 4.78 is 0. The number of nitro benzene ring substituents is 1. The van der Waals surface area contributed by atoms with Crippen molar-refractivity contribution in [2.24, 2.45) is 5.10 Å². The van der Waals surface area contributed by atoms with Crippen molar-refractivity contribution >= 4 is 17.3 Å². The number of amides is 1. The number of nitrogens with one attached hydrogen (secondary N) is 2. The molecule has 0 radical (unpaired) electrons. The highest BCUT2D eigenvalue weighted by molar-refractivity contribution is 6.01. The number of nitro groups is 1. The average Bonchev–Trinajstić information content (AvgIpc) is 3.08. The number of aromatic amines is 1. The van der Waals surface area contributed by atoms with E-state index in [2.05, 4.69) is 20.7 Å². The predicted molar refractivity (Wildman–Crippen MR) is 102 cm³/mol. The smallest absolute Gasteiger partial charge is 0.272 e. The number of rotatable bonds is 5. The lowest BCUT2D eigenvalue weighted by Gasteiger charge is -2.03. The van der Waals surface area contributed by atoms with Crippen LogP contribution in [0.1, 0.15) is 28.5 Å². The molecule has 1 heterocycles. The summed E-state index contributed by atoms with van der Waals surface area (Å²) in [6, 6.07) is 15.5. The fourth-order valence-electron chi connectivity index (χ4n) is 2.58. The molecule has 27 heavy (non-hydrogen) atoms. The fraction of sp³-hybridized carbons (Fsp3) is 0.105. The van der Waals surface area contributed by atoms with E-state index in [0.717, 1.165) is 11.1 Å². The highest BCUT2D eigenvalue weighted by Gasteiger charge is 2.16. The second kappa shape index (κ2) is 7.61. The Balaban J connectivity index is 1.75. The third kappa shape index (κ3) is 3.90. The van der Waals surface area contributed by atoms with E-state index >= 15 is 0 Å². The molecule has 1 aromatic heterocycles. The number of benzene rings is 2. The molecule has 3 rings (SSSR count). The van der Waals surface area contributed by atoms with Crippen LogP contribution < -0.4 is 5.43 Å². The number of aromatic nitrogens is 2. The Labute approximate surface area is 155 Å². The molecule has 1 amide bonds. The van der Waals surface area contributed by atoms with E-state index in [0.29, 0.717) is 22.7 Å². The van der Waals surface area contributed by atoms with Crippen LogP contribution in [0.5, 0.6) is 0 Å². The minimum atomic E-state index is -0.469. The summed E-state index contributed by atoms with van der Waals surface area (Å²) in [7, 11) is 0. The number of nitrogens with zero attached hydrogens (tertiary/aromatic N) is 3. The fourth-order valence-corrected chi connectivity index (χ4v) is 2.58. The van der Waals surface area contributed by atoms with Crippen LogP contribution in [0.25, 0.3) is 11.3 Å². The van der Waals surface area contributed by atoms with E-state index in [1.807, 2.05) is 37.3 Å². The maximum absolute atomic E-state index is 12.4. The molecular formula is C19H17N5O3. The van der Waals surface area contributed by atoms with Crippen molar-refractivity contribution in [3.63, 3.8) is 0 Å². The Hall–Kier alpha value is -3.81. The van der Waals surface area contributed by atoms with Gasteiger partial charge < -0.3 is 0 Å². The van der Waals surface area contributed by atoms with E-state index in [1.54, 1.807) is 19.1 Å².